The zero-order valence-electron chi connectivity index (χ0n) is 8.71. The Balaban J connectivity index is 1.94. The Morgan fingerprint density at radius 1 is 1.19 bits per heavy atom. The van der Waals surface area contributed by atoms with Gasteiger partial charge in [0.15, 0.2) is 8.68 Å². The van der Waals surface area contributed by atoms with E-state index in [0.29, 0.717) is 0 Å². The van der Waals surface area contributed by atoms with Crippen LogP contribution in [0.1, 0.15) is 5.56 Å². The molecule has 0 aliphatic carbocycles. The van der Waals surface area contributed by atoms with E-state index in [1.54, 1.807) is 34.9 Å². The highest BCUT2D eigenvalue weighted by Gasteiger charge is 2.03. The zero-order valence-corrected chi connectivity index (χ0v) is 11.2. The van der Waals surface area contributed by atoms with Crippen molar-refractivity contribution in [2.24, 2.45) is 0 Å². The highest BCUT2D eigenvalue weighted by molar-refractivity contribution is 8.02. The summed E-state index contributed by atoms with van der Waals surface area (Å²) in [5.74, 6) is 0.906. The molecule has 2 aromatic rings. The Labute approximate surface area is 107 Å². The predicted molar refractivity (Wildman–Crippen MR) is 72.1 cm³/mol. The van der Waals surface area contributed by atoms with E-state index in [2.05, 4.69) is 10.2 Å². The lowest BCUT2D eigenvalue weighted by Crippen LogP contribution is -1.85. The molecule has 1 heterocycles. The van der Waals surface area contributed by atoms with Crippen LogP contribution in [0.4, 0.5) is 5.69 Å². The molecule has 2 rings (SSSR count). The molecule has 0 aliphatic heterocycles. The molecular formula is C10H11N3S3. The molecule has 0 saturated heterocycles. The third-order valence-corrected chi connectivity index (χ3v) is 5.01. The molecule has 0 unspecified atom stereocenters. The first-order chi connectivity index (χ1) is 7.78. The SMILES string of the molecule is CSc1nnc(SCc2ccc(N)cc2)s1. The number of nitrogens with two attached hydrogens (primary N) is 1. The number of nitrogens with zero attached hydrogens (tertiary/aromatic N) is 2. The van der Waals surface area contributed by atoms with Crippen LogP contribution >= 0.6 is 34.9 Å². The van der Waals surface area contributed by atoms with Crippen LogP contribution in [0.25, 0.3) is 0 Å². The summed E-state index contributed by atoms with van der Waals surface area (Å²) in [6.45, 7) is 0. The molecule has 0 bridgehead atoms. The average Bonchev–Trinajstić information content (AvgIpc) is 2.76. The number of hydrogen-bond acceptors (Lipinski definition) is 6. The van der Waals surface area contributed by atoms with E-state index in [9.17, 15) is 0 Å². The maximum atomic E-state index is 5.63. The first kappa shape index (κ1) is 11.8. The van der Waals surface area contributed by atoms with Gasteiger partial charge in [0.1, 0.15) is 0 Å². The number of aromatic nitrogens is 2. The lowest BCUT2D eigenvalue weighted by Gasteiger charge is -1.98. The first-order valence-electron chi connectivity index (χ1n) is 4.62. The summed E-state index contributed by atoms with van der Waals surface area (Å²) < 4.78 is 2.03. The van der Waals surface area contributed by atoms with Crippen molar-refractivity contribution in [2.75, 3.05) is 12.0 Å². The van der Waals surface area contributed by atoms with Gasteiger partial charge in [-0.25, -0.2) is 0 Å². The highest BCUT2D eigenvalue weighted by Crippen LogP contribution is 2.29. The van der Waals surface area contributed by atoms with Crippen LogP contribution in [0.5, 0.6) is 0 Å². The van der Waals surface area contributed by atoms with E-state index < -0.39 is 0 Å². The van der Waals surface area contributed by atoms with Gasteiger partial charge in [0.25, 0.3) is 0 Å². The zero-order chi connectivity index (χ0) is 11.4. The molecule has 0 amide bonds. The topological polar surface area (TPSA) is 51.8 Å². The minimum absolute atomic E-state index is 0.800. The monoisotopic (exact) mass is 269 g/mol. The van der Waals surface area contributed by atoms with Crippen molar-refractivity contribution in [1.82, 2.24) is 10.2 Å². The fourth-order valence-corrected chi connectivity index (χ4v) is 3.49. The van der Waals surface area contributed by atoms with E-state index in [0.717, 1.165) is 20.1 Å². The normalized spacial score (nSPS) is 10.6. The van der Waals surface area contributed by atoms with Crippen molar-refractivity contribution >= 4 is 40.5 Å². The number of benzene rings is 1. The lowest BCUT2D eigenvalue weighted by atomic mass is 10.2. The maximum absolute atomic E-state index is 5.63. The lowest BCUT2D eigenvalue weighted by molar-refractivity contribution is 0.955. The van der Waals surface area contributed by atoms with Crippen LogP contribution in [0.15, 0.2) is 32.9 Å². The van der Waals surface area contributed by atoms with Gasteiger partial charge in [0.2, 0.25) is 0 Å². The van der Waals surface area contributed by atoms with Crippen LogP contribution < -0.4 is 5.73 Å². The Morgan fingerprint density at radius 3 is 2.50 bits per heavy atom. The van der Waals surface area contributed by atoms with Gasteiger partial charge < -0.3 is 5.73 Å². The van der Waals surface area contributed by atoms with E-state index in [1.807, 2.05) is 30.5 Å². The number of hydrogen-bond donors (Lipinski definition) is 1. The molecule has 6 heteroatoms. The summed E-state index contributed by atoms with van der Waals surface area (Å²) in [4.78, 5) is 0. The quantitative estimate of drug-likeness (QED) is 0.682. The summed E-state index contributed by atoms with van der Waals surface area (Å²) in [7, 11) is 0. The molecule has 0 saturated carbocycles. The molecule has 2 N–H and O–H groups in total. The highest BCUT2D eigenvalue weighted by atomic mass is 32.2. The number of nitrogen functional groups attached to an aromatic ring is 1. The fraction of sp³-hybridized carbons (Fsp3) is 0.200. The van der Waals surface area contributed by atoms with Gasteiger partial charge in [-0.3, -0.25) is 0 Å². The van der Waals surface area contributed by atoms with Crippen molar-refractivity contribution in [3.05, 3.63) is 29.8 Å². The molecule has 16 heavy (non-hydrogen) atoms. The Morgan fingerprint density at radius 2 is 1.88 bits per heavy atom. The molecule has 0 fully saturated rings. The molecule has 1 aromatic carbocycles. The van der Waals surface area contributed by atoms with Crippen LogP contribution in [-0.2, 0) is 5.75 Å². The smallest absolute Gasteiger partial charge is 0.175 e. The third kappa shape index (κ3) is 3.13. The second-order valence-corrected chi connectivity index (χ2v) is 6.32. The Kier molecular flexibility index (Phi) is 4.09. The minimum atomic E-state index is 0.800. The van der Waals surface area contributed by atoms with E-state index in [1.165, 1.54) is 5.56 Å². The van der Waals surface area contributed by atoms with Gasteiger partial charge in [-0.05, 0) is 24.0 Å². The number of anilines is 1. The summed E-state index contributed by atoms with van der Waals surface area (Å²) in [5.41, 5.74) is 7.68. The average molecular weight is 269 g/mol. The Bertz CT molecular complexity index is 453. The molecule has 1 aromatic heterocycles. The molecule has 0 atom stereocenters. The summed E-state index contributed by atoms with van der Waals surface area (Å²) in [6.07, 6.45) is 2.01. The van der Waals surface area contributed by atoms with Gasteiger partial charge in [0.05, 0.1) is 0 Å². The van der Waals surface area contributed by atoms with Crippen LogP contribution in [0.3, 0.4) is 0 Å². The van der Waals surface area contributed by atoms with E-state index in [4.69, 9.17) is 5.73 Å². The van der Waals surface area contributed by atoms with Gasteiger partial charge in [-0.1, -0.05) is 47.0 Å². The van der Waals surface area contributed by atoms with E-state index in [-0.39, 0.29) is 0 Å². The summed E-state index contributed by atoms with van der Waals surface area (Å²) in [5, 5.41) is 8.16. The van der Waals surface area contributed by atoms with Crippen molar-refractivity contribution in [1.29, 1.82) is 0 Å². The van der Waals surface area contributed by atoms with Crippen molar-refractivity contribution < 1.29 is 0 Å². The second-order valence-electron chi connectivity index (χ2n) is 3.07. The van der Waals surface area contributed by atoms with Gasteiger partial charge in [0, 0.05) is 11.4 Å². The largest absolute Gasteiger partial charge is 0.399 e. The molecule has 0 aliphatic rings. The Hall–Kier alpha value is -0.720. The summed E-state index contributed by atoms with van der Waals surface area (Å²) in [6, 6.07) is 7.92. The molecule has 84 valence electrons. The van der Waals surface area contributed by atoms with Gasteiger partial charge in [-0.15, -0.1) is 10.2 Å². The predicted octanol–water partition coefficient (Wildman–Crippen LogP) is 3.13. The number of thioether (sulfide) groups is 2. The van der Waals surface area contributed by atoms with Gasteiger partial charge in [-0.2, -0.15) is 0 Å². The fourth-order valence-electron chi connectivity index (χ4n) is 1.10. The first-order valence-corrected chi connectivity index (χ1v) is 7.65. The second kappa shape index (κ2) is 5.56. The third-order valence-electron chi connectivity index (χ3n) is 1.90. The molecule has 0 radical (unpaired) electrons. The van der Waals surface area contributed by atoms with Crippen molar-refractivity contribution in [3.63, 3.8) is 0 Å². The standard InChI is InChI=1S/C10H11N3S3/c1-14-9-12-13-10(16-9)15-6-7-2-4-8(11)5-3-7/h2-5H,6,11H2,1H3. The minimum Gasteiger partial charge on any atom is -0.399 e. The molecule has 0 spiro atoms. The molecule has 3 nitrogen and oxygen atoms in total. The van der Waals surface area contributed by atoms with Crippen LogP contribution in [-0.4, -0.2) is 16.5 Å². The van der Waals surface area contributed by atoms with Gasteiger partial charge >= 0.3 is 0 Å². The maximum Gasteiger partial charge on any atom is 0.175 e. The summed E-state index contributed by atoms with van der Waals surface area (Å²) >= 11 is 4.97. The number of rotatable bonds is 4. The molecular weight excluding hydrogens is 258 g/mol. The van der Waals surface area contributed by atoms with Crippen LogP contribution in [0, 0.1) is 0 Å². The van der Waals surface area contributed by atoms with E-state index >= 15 is 0 Å². The van der Waals surface area contributed by atoms with Crippen molar-refractivity contribution in [3.8, 4) is 0 Å². The van der Waals surface area contributed by atoms with Crippen LogP contribution in [0.2, 0.25) is 0 Å². The van der Waals surface area contributed by atoms with Crippen molar-refractivity contribution in [2.45, 2.75) is 14.4 Å².